The Morgan fingerprint density at radius 2 is 1.93 bits per heavy atom. The van der Waals surface area contributed by atoms with Gasteiger partial charge >= 0.3 is 0 Å². The van der Waals surface area contributed by atoms with Gasteiger partial charge in [0.15, 0.2) is 12.0 Å². The second-order valence-corrected chi connectivity index (χ2v) is 3.93. The number of hydrogen-bond acceptors (Lipinski definition) is 5. The van der Waals surface area contributed by atoms with Crippen molar-refractivity contribution in [2.75, 3.05) is 19.8 Å². The molecule has 0 aromatic heterocycles. The van der Waals surface area contributed by atoms with E-state index < -0.39 is 11.1 Å². The highest BCUT2D eigenvalue weighted by molar-refractivity contribution is 5.63. The quantitative estimate of drug-likeness (QED) is 0.240. The van der Waals surface area contributed by atoms with Gasteiger partial charge in [-0.1, -0.05) is 13.8 Å². The van der Waals surface area contributed by atoms with Crippen LogP contribution in [-0.2, 0) is 4.79 Å². The SMILES string of the molecule is CC(C)(CO)C(O)(C=O)NCCCO. The van der Waals surface area contributed by atoms with Crippen LogP contribution in [0.3, 0.4) is 0 Å². The van der Waals surface area contributed by atoms with Crippen molar-refractivity contribution in [3.8, 4) is 0 Å². The molecular formula is C9H19NO4. The minimum absolute atomic E-state index is 0.0124. The average molecular weight is 205 g/mol. The highest BCUT2D eigenvalue weighted by Crippen LogP contribution is 2.26. The Hall–Kier alpha value is -0.490. The van der Waals surface area contributed by atoms with E-state index in [4.69, 9.17) is 10.2 Å². The van der Waals surface area contributed by atoms with Gasteiger partial charge in [0, 0.05) is 18.6 Å². The van der Waals surface area contributed by atoms with Crippen LogP contribution in [0.5, 0.6) is 0 Å². The molecule has 1 atom stereocenters. The predicted octanol–water partition coefficient (Wildman–Crippen LogP) is -1.14. The number of aliphatic hydroxyl groups excluding tert-OH is 2. The van der Waals surface area contributed by atoms with Crippen LogP contribution in [0.25, 0.3) is 0 Å². The van der Waals surface area contributed by atoms with Gasteiger partial charge in [-0.15, -0.1) is 0 Å². The summed E-state index contributed by atoms with van der Waals surface area (Å²) < 4.78 is 0. The van der Waals surface area contributed by atoms with Crippen LogP contribution >= 0.6 is 0 Å². The largest absolute Gasteiger partial charge is 0.396 e. The lowest BCUT2D eigenvalue weighted by Crippen LogP contribution is -2.59. The minimum atomic E-state index is -1.75. The Morgan fingerprint density at radius 1 is 1.36 bits per heavy atom. The summed E-state index contributed by atoms with van der Waals surface area (Å²) in [4.78, 5) is 10.7. The molecule has 0 rings (SSSR count). The number of aldehydes is 1. The summed E-state index contributed by atoms with van der Waals surface area (Å²) >= 11 is 0. The first-order valence-corrected chi connectivity index (χ1v) is 4.59. The van der Waals surface area contributed by atoms with Crippen molar-refractivity contribution in [1.29, 1.82) is 0 Å². The van der Waals surface area contributed by atoms with Crippen molar-refractivity contribution >= 4 is 6.29 Å². The first-order valence-electron chi connectivity index (χ1n) is 4.59. The van der Waals surface area contributed by atoms with Crippen LogP contribution < -0.4 is 5.32 Å². The Morgan fingerprint density at radius 3 is 2.29 bits per heavy atom. The molecule has 0 saturated carbocycles. The van der Waals surface area contributed by atoms with E-state index in [9.17, 15) is 9.90 Å². The van der Waals surface area contributed by atoms with Crippen molar-refractivity contribution in [3.05, 3.63) is 0 Å². The van der Waals surface area contributed by atoms with E-state index in [2.05, 4.69) is 5.32 Å². The van der Waals surface area contributed by atoms with Gasteiger partial charge in [-0.2, -0.15) is 0 Å². The Labute approximate surface area is 83.8 Å². The molecule has 0 spiro atoms. The lowest BCUT2D eigenvalue weighted by atomic mass is 9.82. The number of hydrogen-bond donors (Lipinski definition) is 4. The number of carbonyl (C=O) groups is 1. The monoisotopic (exact) mass is 205 g/mol. The third kappa shape index (κ3) is 3.02. The molecule has 0 aromatic rings. The van der Waals surface area contributed by atoms with E-state index in [1.165, 1.54) is 0 Å². The third-order valence-electron chi connectivity index (χ3n) is 2.33. The van der Waals surface area contributed by atoms with Crippen molar-refractivity contribution in [2.24, 2.45) is 5.41 Å². The fraction of sp³-hybridized carbons (Fsp3) is 0.889. The van der Waals surface area contributed by atoms with Gasteiger partial charge in [-0.05, 0) is 6.42 Å². The number of rotatable bonds is 7. The summed E-state index contributed by atoms with van der Waals surface area (Å²) in [7, 11) is 0. The molecular weight excluding hydrogens is 186 g/mol. The molecule has 0 heterocycles. The summed E-state index contributed by atoms with van der Waals surface area (Å²) in [5.74, 6) is 0. The summed E-state index contributed by atoms with van der Waals surface area (Å²) in [5, 5.41) is 30.0. The van der Waals surface area contributed by atoms with Gasteiger partial charge in [0.05, 0.1) is 6.61 Å². The van der Waals surface area contributed by atoms with Crippen molar-refractivity contribution in [2.45, 2.75) is 26.0 Å². The van der Waals surface area contributed by atoms with E-state index in [0.29, 0.717) is 19.3 Å². The second-order valence-electron chi connectivity index (χ2n) is 3.93. The minimum Gasteiger partial charge on any atom is -0.396 e. The molecule has 0 aliphatic heterocycles. The first-order chi connectivity index (χ1) is 6.43. The molecule has 0 amide bonds. The van der Waals surface area contributed by atoms with Crippen LogP contribution in [0.4, 0.5) is 0 Å². The molecule has 0 aliphatic rings. The summed E-state index contributed by atoms with van der Waals surface area (Å²) in [6, 6.07) is 0. The van der Waals surface area contributed by atoms with E-state index in [0.717, 1.165) is 0 Å². The average Bonchev–Trinajstić information content (AvgIpc) is 2.17. The highest BCUT2D eigenvalue weighted by Gasteiger charge is 2.42. The first kappa shape index (κ1) is 13.5. The Kier molecular flexibility index (Phi) is 5.22. The van der Waals surface area contributed by atoms with E-state index in [1.807, 2.05) is 0 Å². The highest BCUT2D eigenvalue weighted by atomic mass is 16.3. The molecule has 5 nitrogen and oxygen atoms in total. The molecule has 0 fully saturated rings. The molecule has 0 aliphatic carbocycles. The smallest absolute Gasteiger partial charge is 0.180 e. The van der Waals surface area contributed by atoms with Crippen molar-refractivity contribution in [3.63, 3.8) is 0 Å². The Bertz CT molecular complexity index is 184. The molecule has 5 heteroatoms. The zero-order valence-corrected chi connectivity index (χ0v) is 8.66. The zero-order valence-electron chi connectivity index (χ0n) is 8.66. The standard InChI is InChI=1S/C9H19NO4/c1-8(2,6-12)9(14,7-13)10-4-3-5-11/h7,10-12,14H,3-6H2,1-2H3. The van der Waals surface area contributed by atoms with E-state index in [1.54, 1.807) is 13.8 Å². The fourth-order valence-electron chi connectivity index (χ4n) is 0.919. The molecule has 0 bridgehead atoms. The lowest BCUT2D eigenvalue weighted by Gasteiger charge is -2.37. The van der Waals surface area contributed by atoms with Crippen LogP contribution in [0.2, 0.25) is 0 Å². The summed E-state index contributed by atoms with van der Waals surface area (Å²) in [6.07, 6.45) is 0.818. The van der Waals surface area contributed by atoms with Gasteiger partial charge in [-0.25, -0.2) is 0 Å². The second kappa shape index (κ2) is 5.41. The molecule has 1 unspecified atom stereocenters. The van der Waals surface area contributed by atoms with Crippen molar-refractivity contribution in [1.82, 2.24) is 5.32 Å². The van der Waals surface area contributed by atoms with Gasteiger partial charge in [0.2, 0.25) is 0 Å². The Balaban J connectivity index is 4.38. The molecule has 0 radical (unpaired) electrons. The molecule has 84 valence electrons. The summed E-state index contributed by atoms with van der Waals surface area (Å²) in [5.41, 5.74) is -2.71. The van der Waals surface area contributed by atoms with Crippen LogP contribution in [0.15, 0.2) is 0 Å². The maximum Gasteiger partial charge on any atom is 0.180 e. The fourth-order valence-corrected chi connectivity index (χ4v) is 0.919. The van der Waals surface area contributed by atoms with Gasteiger partial charge < -0.3 is 15.3 Å². The van der Waals surface area contributed by atoms with Gasteiger partial charge in [-0.3, -0.25) is 10.1 Å². The maximum atomic E-state index is 10.7. The molecule has 4 N–H and O–H groups in total. The van der Waals surface area contributed by atoms with Gasteiger partial charge in [0.25, 0.3) is 0 Å². The summed E-state index contributed by atoms with van der Waals surface area (Å²) in [6.45, 7) is 3.14. The molecule has 0 saturated heterocycles. The maximum absolute atomic E-state index is 10.7. The normalized spacial score (nSPS) is 16.4. The van der Waals surface area contributed by atoms with Gasteiger partial charge in [0.1, 0.15) is 0 Å². The molecule has 0 aromatic carbocycles. The number of carbonyl (C=O) groups excluding carboxylic acids is 1. The van der Waals surface area contributed by atoms with Crippen LogP contribution in [0.1, 0.15) is 20.3 Å². The van der Waals surface area contributed by atoms with E-state index >= 15 is 0 Å². The lowest BCUT2D eigenvalue weighted by molar-refractivity contribution is -0.149. The third-order valence-corrected chi connectivity index (χ3v) is 2.33. The predicted molar refractivity (Wildman–Crippen MR) is 51.6 cm³/mol. The topological polar surface area (TPSA) is 89.8 Å². The van der Waals surface area contributed by atoms with E-state index in [-0.39, 0.29) is 13.2 Å². The number of nitrogens with one attached hydrogen (secondary N) is 1. The zero-order chi connectivity index (χ0) is 11.2. The van der Waals surface area contributed by atoms with Crippen molar-refractivity contribution < 1.29 is 20.1 Å². The molecule has 14 heavy (non-hydrogen) atoms. The van der Waals surface area contributed by atoms with Crippen LogP contribution in [0, 0.1) is 5.41 Å². The number of aliphatic hydroxyl groups is 3. The van der Waals surface area contributed by atoms with Crippen LogP contribution in [-0.4, -0.2) is 47.1 Å².